The van der Waals surface area contributed by atoms with Gasteiger partial charge in [-0.25, -0.2) is 0 Å². The van der Waals surface area contributed by atoms with Crippen molar-refractivity contribution in [2.45, 2.75) is 58.7 Å². The van der Waals surface area contributed by atoms with Gasteiger partial charge in [-0.15, -0.1) is 0 Å². The van der Waals surface area contributed by atoms with Crippen LogP contribution in [0.3, 0.4) is 0 Å². The Morgan fingerprint density at radius 3 is 0.261 bits per heavy atom. The van der Waals surface area contributed by atoms with E-state index in [0.717, 1.165) is 0 Å². The molecule has 0 atom stereocenters. The standard InChI is InChI=1S/4C18H15S.4BFHO/c4*1-4-10-16(11-5-1)19(17-12-6-2-7-13-17)18-14-8-3-9-15-18;4*2-1-3/h4*1-15H;4*1H/q4*+1;4*-1. The third-order valence-electron chi connectivity index (χ3n) is 11.7. The monoisotopic (exact) mass is 1240 g/mol. The van der Waals surface area contributed by atoms with Crippen LogP contribution in [0.2, 0.25) is 0 Å². The highest BCUT2D eigenvalue weighted by atomic mass is 32.2. The molecular formula is C72H64B4F4O4S4. The first kappa shape index (κ1) is 70.6. The first-order valence-corrected chi connectivity index (χ1v) is 32.5. The molecule has 12 aromatic carbocycles. The first-order valence-electron chi connectivity index (χ1n) is 27.6. The largest absolute Gasteiger partial charge is 0.855 e. The van der Waals surface area contributed by atoms with Crippen molar-refractivity contribution >= 4 is 74.6 Å². The molecule has 0 fully saturated rings. The Hall–Kier alpha value is -8.14. The maximum atomic E-state index is 9.74. The van der Waals surface area contributed by atoms with Gasteiger partial charge in [0.15, 0.2) is 58.7 Å². The van der Waals surface area contributed by atoms with Crippen LogP contribution in [0.4, 0.5) is 17.3 Å². The van der Waals surface area contributed by atoms with Crippen molar-refractivity contribution in [1.29, 1.82) is 0 Å². The summed E-state index contributed by atoms with van der Waals surface area (Å²) in [4.78, 5) is 16.3. The molecule has 12 rings (SSSR count). The first-order chi connectivity index (χ1) is 43.5. The fourth-order valence-corrected chi connectivity index (χ4v) is 16.7. The fraction of sp³-hybridized carbons (Fsp3) is 0. The molecule has 440 valence electrons. The van der Waals surface area contributed by atoms with E-state index in [4.69, 9.17) is 20.1 Å². The van der Waals surface area contributed by atoms with Crippen molar-refractivity contribution in [3.8, 4) is 0 Å². The van der Waals surface area contributed by atoms with Gasteiger partial charge in [-0.3, -0.25) is 0 Å². The summed E-state index contributed by atoms with van der Waals surface area (Å²) in [6, 6.07) is 129. The van der Waals surface area contributed by atoms with Crippen molar-refractivity contribution < 1.29 is 37.4 Å². The van der Waals surface area contributed by atoms with Crippen LogP contribution in [0.15, 0.2) is 423 Å². The summed E-state index contributed by atoms with van der Waals surface area (Å²) in [5.74, 6) is 0. The third-order valence-corrected chi connectivity index (χ3v) is 20.7. The number of hydrogen-bond donors (Lipinski definition) is 0. The van der Waals surface area contributed by atoms with Gasteiger partial charge in [0.25, 0.3) is 0 Å². The molecule has 0 bridgehead atoms. The normalized spacial score (nSPS) is 9.77. The molecule has 12 aromatic rings. The maximum Gasteiger partial charge on any atom is 0.222 e. The maximum absolute atomic E-state index is 9.74. The fourth-order valence-electron chi connectivity index (χ4n) is 8.31. The van der Waals surface area contributed by atoms with Crippen LogP contribution >= 0.6 is 0 Å². The van der Waals surface area contributed by atoms with Gasteiger partial charge >= 0.3 is 0 Å². The van der Waals surface area contributed by atoms with Gasteiger partial charge in [-0.2, -0.15) is 0 Å². The summed E-state index contributed by atoms with van der Waals surface area (Å²) in [5.41, 5.74) is 0. The van der Waals surface area contributed by atoms with E-state index in [1.54, 1.807) is 0 Å². The summed E-state index contributed by atoms with van der Waals surface area (Å²) in [7, 11) is -6.06. The zero-order chi connectivity index (χ0) is 62.5. The average Bonchev–Trinajstić information content (AvgIpc) is 3.57. The van der Waals surface area contributed by atoms with E-state index in [2.05, 4.69) is 364 Å². The second kappa shape index (κ2) is 44.3. The highest BCUT2D eigenvalue weighted by molar-refractivity contribution is 7.98. The molecule has 0 spiro atoms. The Morgan fingerprint density at radius 1 is 0.148 bits per heavy atom. The van der Waals surface area contributed by atoms with Gasteiger partial charge in [-0.05, 0) is 146 Å². The molecule has 16 heteroatoms. The molecule has 0 heterocycles. The van der Waals surface area contributed by atoms with Crippen LogP contribution in [0.5, 0.6) is 0 Å². The molecule has 0 aliphatic heterocycles. The van der Waals surface area contributed by atoms with Gasteiger partial charge < -0.3 is 37.4 Å². The number of halogens is 4. The van der Waals surface area contributed by atoms with Gasteiger partial charge in [0.2, 0.25) is 31.0 Å². The quantitative estimate of drug-likeness (QED) is 0.0692. The van der Waals surface area contributed by atoms with Crippen LogP contribution in [0.25, 0.3) is 0 Å². The summed E-state index contributed by atoms with van der Waals surface area (Å²) in [6.07, 6.45) is 0. The second-order valence-electron chi connectivity index (χ2n) is 17.4. The molecule has 0 saturated carbocycles. The van der Waals surface area contributed by atoms with Crippen LogP contribution in [0.1, 0.15) is 0 Å². The van der Waals surface area contributed by atoms with Gasteiger partial charge in [0, 0.05) is 0 Å². The Bertz CT molecular complexity index is 2710. The van der Waals surface area contributed by atoms with E-state index < -0.39 is 31.0 Å². The van der Waals surface area contributed by atoms with E-state index in [-0.39, 0.29) is 43.6 Å². The van der Waals surface area contributed by atoms with Gasteiger partial charge in [0.1, 0.15) is 0 Å². The molecule has 0 aromatic heterocycles. The lowest BCUT2D eigenvalue weighted by Gasteiger charge is -2.07. The topological polar surface area (TPSA) is 92.2 Å². The smallest absolute Gasteiger partial charge is 0.222 e. The molecule has 4 nitrogen and oxygen atoms in total. The van der Waals surface area contributed by atoms with Crippen LogP contribution in [-0.2, 0) is 43.6 Å². The van der Waals surface area contributed by atoms with Crippen molar-refractivity contribution in [2.75, 3.05) is 0 Å². The molecule has 0 radical (unpaired) electrons. The Balaban J connectivity index is 0.000000201. The number of benzene rings is 12. The number of rotatable bonds is 12. The van der Waals surface area contributed by atoms with E-state index >= 15 is 0 Å². The second-order valence-corrected chi connectivity index (χ2v) is 25.5. The van der Waals surface area contributed by atoms with Gasteiger partial charge in [0.05, 0.1) is 43.6 Å². The lowest BCUT2D eigenvalue weighted by atomic mass is 10.4. The predicted molar refractivity (Wildman–Crippen MR) is 359 cm³/mol. The summed E-state index contributed by atoms with van der Waals surface area (Å²) in [6.45, 7) is 0. The lowest BCUT2D eigenvalue weighted by Crippen LogP contribution is -2.04. The minimum atomic E-state index is -1.50. The molecular weight excluding hydrogens is 1180 g/mol. The Morgan fingerprint density at radius 2 is 0.205 bits per heavy atom. The van der Waals surface area contributed by atoms with Crippen LogP contribution < -0.4 is 20.1 Å². The Labute approximate surface area is 531 Å². The summed E-state index contributed by atoms with van der Waals surface area (Å²) < 4.78 is 38.9. The molecule has 0 aliphatic carbocycles. The molecule has 88 heavy (non-hydrogen) atoms. The minimum Gasteiger partial charge on any atom is -0.855 e. The molecule has 0 unspecified atom stereocenters. The van der Waals surface area contributed by atoms with Crippen molar-refractivity contribution in [2.24, 2.45) is 0 Å². The predicted octanol–water partition coefficient (Wildman–Crippen LogP) is 13.5. The summed E-state index contributed by atoms with van der Waals surface area (Å²) in [5, 5.41) is 33.1. The number of hydrogen-bond acceptors (Lipinski definition) is 4. The van der Waals surface area contributed by atoms with E-state index in [9.17, 15) is 17.3 Å². The van der Waals surface area contributed by atoms with Crippen molar-refractivity contribution in [3.05, 3.63) is 364 Å². The summed E-state index contributed by atoms with van der Waals surface area (Å²) >= 11 is 0. The average molecular weight is 1240 g/mol. The van der Waals surface area contributed by atoms with Crippen LogP contribution in [-0.4, -0.2) is 31.0 Å². The van der Waals surface area contributed by atoms with Crippen molar-refractivity contribution in [1.82, 2.24) is 0 Å². The third kappa shape index (κ3) is 24.9. The van der Waals surface area contributed by atoms with Crippen molar-refractivity contribution in [3.63, 3.8) is 0 Å². The highest BCUT2D eigenvalue weighted by Gasteiger charge is 2.31. The lowest BCUT2D eigenvalue weighted by molar-refractivity contribution is -0.194. The SMILES string of the molecule is [O-]BF.[O-]BF.[O-]BF.[O-]BF.c1ccc([S+](c2ccccc2)c2ccccc2)cc1.c1ccc([S+](c2ccccc2)c2ccccc2)cc1.c1ccc([S+](c2ccccc2)c2ccccc2)cc1.c1ccc([S+](c2ccccc2)c2ccccc2)cc1. The molecule has 0 aliphatic rings. The Kier molecular flexibility index (Phi) is 35.6. The van der Waals surface area contributed by atoms with E-state index in [1.165, 1.54) is 58.7 Å². The van der Waals surface area contributed by atoms with E-state index in [1.807, 2.05) is 0 Å². The van der Waals surface area contributed by atoms with Gasteiger partial charge in [-0.1, -0.05) is 218 Å². The highest BCUT2D eigenvalue weighted by Crippen LogP contribution is 2.34. The molecule has 0 N–H and O–H groups in total. The van der Waals surface area contributed by atoms with E-state index in [0.29, 0.717) is 0 Å². The molecule has 0 saturated heterocycles. The zero-order valence-electron chi connectivity index (χ0n) is 48.2. The molecule has 0 amide bonds. The zero-order valence-corrected chi connectivity index (χ0v) is 51.5. The minimum absolute atomic E-state index is 0.0146. The van der Waals surface area contributed by atoms with Crippen LogP contribution in [0, 0.1) is 0 Å².